The van der Waals surface area contributed by atoms with Crippen LogP contribution in [0.4, 0.5) is 0 Å². The monoisotopic (exact) mass is 199 g/mol. The zero-order valence-corrected chi connectivity index (χ0v) is 9.38. The summed E-state index contributed by atoms with van der Waals surface area (Å²) in [6.07, 6.45) is 4.47. The van der Waals surface area contributed by atoms with Crippen LogP contribution in [0.25, 0.3) is 0 Å². The van der Waals surface area contributed by atoms with E-state index in [9.17, 15) is 4.79 Å². The number of carbonyl (C=O) groups is 1. The number of nitrogens with two attached hydrogens (primary N) is 1. The zero-order valence-electron chi connectivity index (χ0n) is 9.38. The van der Waals surface area contributed by atoms with Gasteiger partial charge in [0, 0.05) is 11.6 Å². The number of allylic oxidation sites excluding steroid dienone is 1. The summed E-state index contributed by atoms with van der Waals surface area (Å²) >= 11 is 0. The highest BCUT2D eigenvalue weighted by atomic mass is 16.5. The Bertz CT molecular complexity index is 199. The van der Waals surface area contributed by atoms with E-state index in [1.807, 2.05) is 13.0 Å². The third-order valence-corrected chi connectivity index (χ3v) is 1.93. The van der Waals surface area contributed by atoms with Gasteiger partial charge in [-0.15, -0.1) is 0 Å². The quantitative estimate of drug-likeness (QED) is 0.526. The Hall–Kier alpha value is -0.830. The van der Waals surface area contributed by atoms with E-state index in [-0.39, 0.29) is 12.0 Å². The first kappa shape index (κ1) is 13.2. The van der Waals surface area contributed by atoms with Crippen LogP contribution in [-0.2, 0) is 9.53 Å². The predicted molar refractivity (Wildman–Crippen MR) is 57.9 cm³/mol. The molecule has 1 atom stereocenters. The van der Waals surface area contributed by atoms with Crippen LogP contribution in [0, 0.1) is 0 Å². The molecule has 0 aromatic rings. The molecule has 0 rings (SSSR count). The smallest absolute Gasteiger partial charge is 0.335 e. The number of ether oxygens (including phenoxy) is 1. The second-order valence-corrected chi connectivity index (χ2v) is 3.18. The van der Waals surface area contributed by atoms with E-state index in [2.05, 4.69) is 6.92 Å². The molecule has 0 heterocycles. The van der Waals surface area contributed by atoms with Crippen molar-refractivity contribution in [3.8, 4) is 0 Å². The van der Waals surface area contributed by atoms with Gasteiger partial charge >= 0.3 is 5.97 Å². The van der Waals surface area contributed by atoms with Gasteiger partial charge in [-0.05, 0) is 19.8 Å². The van der Waals surface area contributed by atoms with Crippen LogP contribution in [0.15, 0.2) is 11.6 Å². The van der Waals surface area contributed by atoms with E-state index < -0.39 is 0 Å². The van der Waals surface area contributed by atoms with Crippen molar-refractivity contribution < 1.29 is 9.53 Å². The summed E-state index contributed by atoms with van der Waals surface area (Å²) in [6.45, 7) is 6.23. The molecule has 0 aromatic heterocycles. The van der Waals surface area contributed by atoms with Crippen molar-refractivity contribution in [1.82, 2.24) is 0 Å². The van der Waals surface area contributed by atoms with Crippen molar-refractivity contribution in [3.05, 3.63) is 11.6 Å². The van der Waals surface area contributed by atoms with Gasteiger partial charge in [-0.1, -0.05) is 26.3 Å². The summed E-state index contributed by atoms with van der Waals surface area (Å²) < 4.78 is 4.94. The largest absolute Gasteiger partial charge is 0.463 e. The van der Waals surface area contributed by atoms with Gasteiger partial charge in [-0.2, -0.15) is 0 Å². The van der Waals surface area contributed by atoms with Crippen molar-refractivity contribution in [2.45, 2.75) is 46.1 Å². The molecule has 3 nitrogen and oxygen atoms in total. The maximum absolute atomic E-state index is 11.5. The van der Waals surface area contributed by atoms with Gasteiger partial charge in [0.1, 0.15) is 0 Å². The molecule has 2 N–H and O–H groups in total. The highest BCUT2D eigenvalue weighted by Crippen LogP contribution is 2.09. The number of rotatable bonds is 6. The zero-order chi connectivity index (χ0) is 11.0. The van der Waals surface area contributed by atoms with Crippen LogP contribution in [0.1, 0.15) is 40.0 Å². The number of hydrogen-bond donors (Lipinski definition) is 1. The van der Waals surface area contributed by atoms with Gasteiger partial charge in [0.15, 0.2) is 0 Å². The summed E-state index contributed by atoms with van der Waals surface area (Å²) in [5.74, 6) is -0.268. The highest BCUT2D eigenvalue weighted by molar-refractivity contribution is 5.89. The SMILES string of the molecule is CCC=C(C(=O)OCC)C(N)CCC. The van der Waals surface area contributed by atoms with E-state index in [4.69, 9.17) is 10.5 Å². The topological polar surface area (TPSA) is 52.3 Å². The first-order valence-electron chi connectivity index (χ1n) is 5.30. The van der Waals surface area contributed by atoms with Gasteiger partial charge in [0.05, 0.1) is 6.61 Å². The summed E-state index contributed by atoms with van der Waals surface area (Å²) in [5, 5.41) is 0. The molecular weight excluding hydrogens is 178 g/mol. The van der Waals surface area contributed by atoms with Crippen LogP contribution in [-0.4, -0.2) is 18.6 Å². The molecule has 0 radical (unpaired) electrons. The van der Waals surface area contributed by atoms with Crippen LogP contribution >= 0.6 is 0 Å². The molecule has 0 spiro atoms. The summed E-state index contributed by atoms with van der Waals surface area (Å²) in [5.41, 5.74) is 6.50. The Labute approximate surface area is 86.3 Å². The lowest BCUT2D eigenvalue weighted by molar-refractivity contribution is -0.138. The fourth-order valence-electron chi connectivity index (χ4n) is 1.29. The molecule has 0 aliphatic heterocycles. The minimum Gasteiger partial charge on any atom is -0.463 e. The minimum absolute atomic E-state index is 0.181. The molecule has 1 unspecified atom stereocenters. The molecule has 0 amide bonds. The van der Waals surface area contributed by atoms with Crippen LogP contribution < -0.4 is 5.73 Å². The lowest BCUT2D eigenvalue weighted by Crippen LogP contribution is -2.28. The van der Waals surface area contributed by atoms with E-state index in [0.717, 1.165) is 19.3 Å². The third-order valence-electron chi connectivity index (χ3n) is 1.93. The Kier molecular flexibility index (Phi) is 7.11. The molecule has 0 aliphatic carbocycles. The van der Waals surface area contributed by atoms with Gasteiger partial charge in [0.25, 0.3) is 0 Å². The van der Waals surface area contributed by atoms with Crippen molar-refractivity contribution >= 4 is 5.97 Å². The summed E-state index contributed by atoms with van der Waals surface area (Å²) in [7, 11) is 0. The van der Waals surface area contributed by atoms with Crippen molar-refractivity contribution in [2.24, 2.45) is 5.73 Å². The molecule has 14 heavy (non-hydrogen) atoms. The fraction of sp³-hybridized carbons (Fsp3) is 0.727. The number of carbonyl (C=O) groups excluding carboxylic acids is 1. The third kappa shape index (κ3) is 4.42. The average Bonchev–Trinajstić information content (AvgIpc) is 2.14. The lowest BCUT2D eigenvalue weighted by atomic mass is 10.0. The minimum atomic E-state index is -0.268. The lowest BCUT2D eigenvalue weighted by Gasteiger charge is -2.13. The van der Waals surface area contributed by atoms with Crippen LogP contribution in [0.5, 0.6) is 0 Å². The average molecular weight is 199 g/mol. The van der Waals surface area contributed by atoms with Crippen molar-refractivity contribution in [1.29, 1.82) is 0 Å². The van der Waals surface area contributed by atoms with Crippen LogP contribution in [0.3, 0.4) is 0 Å². The molecular formula is C11H21NO2. The Balaban J connectivity index is 4.42. The molecule has 3 heteroatoms. The molecule has 0 bridgehead atoms. The van der Waals surface area contributed by atoms with E-state index in [0.29, 0.717) is 12.2 Å². The first-order valence-corrected chi connectivity index (χ1v) is 5.30. The Morgan fingerprint density at radius 1 is 1.43 bits per heavy atom. The second kappa shape index (κ2) is 7.56. The molecule has 0 aliphatic rings. The molecule has 0 aromatic carbocycles. The standard InChI is InChI=1S/C11H21NO2/c1-4-7-9(10(12)8-5-2)11(13)14-6-3/h7,10H,4-6,8,12H2,1-3H3. The van der Waals surface area contributed by atoms with Crippen molar-refractivity contribution in [2.75, 3.05) is 6.61 Å². The van der Waals surface area contributed by atoms with Gasteiger partial charge in [0.2, 0.25) is 0 Å². The van der Waals surface area contributed by atoms with E-state index in [1.165, 1.54) is 0 Å². The van der Waals surface area contributed by atoms with Gasteiger partial charge < -0.3 is 10.5 Å². The maximum Gasteiger partial charge on any atom is 0.335 e. The number of esters is 1. The van der Waals surface area contributed by atoms with Crippen LogP contribution in [0.2, 0.25) is 0 Å². The van der Waals surface area contributed by atoms with E-state index >= 15 is 0 Å². The molecule has 0 fully saturated rings. The first-order chi connectivity index (χ1) is 6.67. The van der Waals surface area contributed by atoms with Crippen molar-refractivity contribution in [3.63, 3.8) is 0 Å². The number of hydrogen-bond acceptors (Lipinski definition) is 3. The summed E-state index contributed by atoms with van der Waals surface area (Å²) in [4.78, 5) is 11.5. The Morgan fingerprint density at radius 3 is 2.50 bits per heavy atom. The van der Waals surface area contributed by atoms with Gasteiger partial charge in [-0.25, -0.2) is 4.79 Å². The van der Waals surface area contributed by atoms with Gasteiger partial charge in [-0.3, -0.25) is 0 Å². The normalized spacial score (nSPS) is 13.9. The second-order valence-electron chi connectivity index (χ2n) is 3.18. The molecule has 0 saturated carbocycles. The van der Waals surface area contributed by atoms with E-state index in [1.54, 1.807) is 6.92 Å². The molecule has 0 saturated heterocycles. The Morgan fingerprint density at radius 2 is 2.07 bits per heavy atom. The summed E-state index contributed by atoms with van der Waals surface area (Å²) in [6, 6.07) is -0.181. The predicted octanol–water partition coefficient (Wildman–Crippen LogP) is 2.01. The highest BCUT2D eigenvalue weighted by Gasteiger charge is 2.16. The maximum atomic E-state index is 11.5. The molecule has 82 valence electrons. The fourth-order valence-corrected chi connectivity index (χ4v) is 1.29.